The van der Waals surface area contributed by atoms with Gasteiger partial charge in [-0.2, -0.15) is 0 Å². The molecule has 20 heavy (non-hydrogen) atoms. The minimum absolute atomic E-state index is 0.138. The van der Waals surface area contributed by atoms with Gasteiger partial charge in [-0.3, -0.25) is 4.79 Å². The highest BCUT2D eigenvalue weighted by molar-refractivity contribution is 5.75. The fourth-order valence-electron chi connectivity index (χ4n) is 1.41. The minimum Gasteiger partial charge on any atom is -0.490 e. The van der Waals surface area contributed by atoms with Crippen molar-refractivity contribution >= 4 is 5.91 Å². The van der Waals surface area contributed by atoms with E-state index in [0.717, 1.165) is 5.57 Å². The van der Waals surface area contributed by atoms with Crippen molar-refractivity contribution in [2.75, 3.05) is 26.4 Å². The Balaban J connectivity index is 2.09. The zero-order chi connectivity index (χ0) is 14.8. The van der Waals surface area contributed by atoms with Gasteiger partial charge in [0.25, 0.3) is 0 Å². The average molecular weight is 281 g/mol. The van der Waals surface area contributed by atoms with Crippen LogP contribution in [-0.4, -0.2) is 32.3 Å². The zero-order valence-electron chi connectivity index (χ0n) is 11.7. The van der Waals surface area contributed by atoms with Crippen molar-refractivity contribution in [2.45, 2.75) is 13.3 Å². The molecule has 1 aromatic carbocycles. The number of ether oxygens (including phenoxy) is 2. The highest BCUT2D eigenvalue weighted by Gasteiger charge is 2.04. The highest BCUT2D eigenvalue weighted by Crippen LogP contribution is 2.15. The Morgan fingerprint density at radius 2 is 2.10 bits per heavy atom. The Morgan fingerprint density at radius 3 is 2.80 bits per heavy atom. The highest BCUT2D eigenvalue weighted by atomic mass is 19.1. The molecule has 0 bridgehead atoms. The van der Waals surface area contributed by atoms with Gasteiger partial charge in [-0.25, -0.2) is 4.39 Å². The molecule has 1 aromatic rings. The molecule has 0 aromatic heterocycles. The molecule has 0 fully saturated rings. The second kappa shape index (κ2) is 9.09. The molecule has 0 saturated carbocycles. The van der Waals surface area contributed by atoms with E-state index in [4.69, 9.17) is 9.47 Å². The third-order valence-electron chi connectivity index (χ3n) is 2.34. The number of halogens is 1. The Kier molecular flexibility index (Phi) is 7.35. The van der Waals surface area contributed by atoms with Crippen molar-refractivity contribution < 1.29 is 18.7 Å². The number of amides is 1. The molecule has 1 N–H and O–H groups in total. The second-order valence-corrected chi connectivity index (χ2v) is 4.39. The smallest absolute Gasteiger partial charge is 0.223 e. The Hall–Kier alpha value is -1.88. The van der Waals surface area contributed by atoms with Crippen molar-refractivity contribution in [3.63, 3.8) is 0 Å². The molecule has 0 heterocycles. The monoisotopic (exact) mass is 281 g/mol. The first kappa shape index (κ1) is 16.2. The van der Waals surface area contributed by atoms with Crippen LogP contribution in [0.3, 0.4) is 0 Å². The molecule has 5 heteroatoms. The number of benzene rings is 1. The Morgan fingerprint density at radius 1 is 1.35 bits per heavy atom. The molecule has 0 aliphatic carbocycles. The Labute approximate surface area is 118 Å². The summed E-state index contributed by atoms with van der Waals surface area (Å²) in [6.45, 7) is 7.08. The molecule has 0 aliphatic rings. The van der Waals surface area contributed by atoms with Gasteiger partial charge in [0.2, 0.25) is 5.91 Å². The lowest BCUT2D eigenvalue weighted by Gasteiger charge is -2.08. The normalized spacial score (nSPS) is 10.1. The van der Waals surface area contributed by atoms with E-state index in [9.17, 15) is 9.18 Å². The van der Waals surface area contributed by atoms with Crippen molar-refractivity contribution in [2.24, 2.45) is 0 Å². The van der Waals surface area contributed by atoms with Gasteiger partial charge < -0.3 is 14.8 Å². The van der Waals surface area contributed by atoms with Gasteiger partial charge in [0.1, 0.15) is 0 Å². The summed E-state index contributed by atoms with van der Waals surface area (Å²) >= 11 is 0. The van der Waals surface area contributed by atoms with Gasteiger partial charge in [-0.15, -0.1) is 0 Å². The van der Waals surface area contributed by atoms with Crippen LogP contribution in [0.1, 0.15) is 13.3 Å². The molecule has 110 valence electrons. The second-order valence-electron chi connectivity index (χ2n) is 4.39. The van der Waals surface area contributed by atoms with E-state index in [1.165, 1.54) is 12.1 Å². The lowest BCUT2D eigenvalue weighted by atomic mass is 10.3. The fraction of sp³-hybridized carbons (Fsp3) is 0.400. The standard InChI is InChI=1S/C15H20FNO3/c1-12(2)11-19-10-8-17-15(18)7-9-20-14-6-4-3-5-13(14)16/h3-6H,1,7-11H2,2H3,(H,17,18). The zero-order valence-corrected chi connectivity index (χ0v) is 11.7. The number of para-hydroxylation sites is 1. The number of nitrogens with one attached hydrogen (secondary N) is 1. The minimum atomic E-state index is -0.430. The summed E-state index contributed by atoms with van der Waals surface area (Å²) < 4.78 is 23.6. The summed E-state index contributed by atoms with van der Waals surface area (Å²) in [5.74, 6) is -0.425. The van der Waals surface area contributed by atoms with Crippen LogP contribution >= 0.6 is 0 Å². The van der Waals surface area contributed by atoms with Crippen molar-refractivity contribution in [1.29, 1.82) is 0 Å². The van der Waals surface area contributed by atoms with Crippen molar-refractivity contribution in [1.82, 2.24) is 5.32 Å². The molecule has 0 spiro atoms. The average Bonchev–Trinajstić information content (AvgIpc) is 2.40. The maximum atomic E-state index is 13.2. The fourth-order valence-corrected chi connectivity index (χ4v) is 1.41. The summed E-state index contributed by atoms with van der Waals surface area (Å²) in [5, 5.41) is 2.69. The first-order valence-corrected chi connectivity index (χ1v) is 6.45. The molecule has 0 unspecified atom stereocenters. The van der Waals surface area contributed by atoms with Gasteiger partial charge in [-0.1, -0.05) is 24.3 Å². The first-order valence-electron chi connectivity index (χ1n) is 6.45. The van der Waals surface area contributed by atoms with E-state index in [1.54, 1.807) is 12.1 Å². The number of hydrogen-bond acceptors (Lipinski definition) is 3. The SMILES string of the molecule is C=C(C)COCCNC(=O)CCOc1ccccc1F. The predicted molar refractivity (Wildman–Crippen MR) is 75.2 cm³/mol. The van der Waals surface area contributed by atoms with Gasteiger partial charge >= 0.3 is 0 Å². The Bertz CT molecular complexity index is 448. The third kappa shape index (κ3) is 6.89. The molecular weight excluding hydrogens is 261 g/mol. The molecule has 1 amide bonds. The first-order chi connectivity index (χ1) is 9.59. The van der Waals surface area contributed by atoms with Crippen LogP contribution < -0.4 is 10.1 Å². The molecule has 0 atom stereocenters. The topological polar surface area (TPSA) is 47.6 Å². The van der Waals surface area contributed by atoms with Crippen molar-refractivity contribution in [3.8, 4) is 5.75 Å². The van der Waals surface area contributed by atoms with Crippen LogP contribution in [-0.2, 0) is 9.53 Å². The number of carbonyl (C=O) groups is 1. The van der Waals surface area contributed by atoms with Crippen LogP contribution in [0, 0.1) is 5.82 Å². The van der Waals surface area contributed by atoms with Crippen molar-refractivity contribution in [3.05, 3.63) is 42.2 Å². The number of hydrogen-bond donors (Lipinski definition) is 1. The maximum Gasteiger partial charge on any atom is 0.223 e. The summed E-state index contributed by atoms with van der Waals surface area (Å²) in [6.07, 6.45) is 0.175. The largest absolute Gasteiger partial charge is 0.490 e. The molecule has 0 aliphatic heterocycles. The lowest BCUT2D eigenvalue weighted by Crippen LogP contribution is -2.28. The van der Waals surface area contributed by atoms with Crippen LogP contribution in [0.4, 0.5) is 4.39 Å². The third-order valence-corrected chi connectivity index (χ3v) is 2.34. The van der Waals surface area contributed by atoms with Crippen LogP contribution in [0.5, 0.6) is 5.75 Å². The summed E-state index contributed by atoms with van der Waals surface area (Å²) in [7, 11) is 0. The molecule has 0 saturated heterocycles. The quantitative estimate of drug-likeness (QED) is 0.558. The summed E-state index contributed by atoms with van der Waals surface area (Å²) in [6, 6.07) is 6.10. The van der Waals surface area contributed by atoms with E-state index in [1.807, 2.05) is 6.92 Å². The van der Waals surface area contributed by atoms with E-state index >= 15 is 0 Å². The predicted octanol–water partition coefficient (Wildman–Crippen LogP) is 2.30. The number of carbonyl (C=O) groups excluding carboxylic acids is 1. The van der Waals surface area contributed by atoms with Crippen LogP contribution in [0.25, 0.3) is 0 Å². The summed E-state index contributed by atoms with van der Waals surface area (Å²) in [5.41, 5.74) is 0.939. The molecular formula is C15H20FNO3. The van der Waals surface area contributed by atoms with E-state index in [0.29, 0.717) is 19.8 Å². The maximum absolute atomic E-state index is 13.2. The van der Waals surface area contributed by atoms with Gasteiger partial charge in [-0.05, 0) is 19.1 Å². The van der Waals surface area contributed by atoms with Crippen LogP contribution in [0.2, 0.25) is 0 Å². The summed E-state index contributed by atoms with van der Waals surface area (Å²) in [4.78, 5) is 11.5. The van der Waals surface area contributed by atoms with E-state index in [-0.39, 0.29) is 24.7 Å². The molecule has 4 nitrogen and oxygen atoms in total. The molecule has 1 rings (SSSR count). The van der Waals surface area contributed by atoms with E-state index in [2.05, 4.69) is 11.9 Å². The van der Waals surface area contributed by atoms with Gasteiger partial charge in [0.05, 0.1) is 26.2 Å². The molecule has 0 radical (unpaired) electrons. The van der Waals surface area contributed by atoms with Crippen LogP contribution in [0.15, 0.2) is 36.4 Å². The van der Waals surface area contributed by atoms with Gasteiger partial charge in [0.15, 0.2) is 11.6 Å². The van der Waals surface area contributed by atoms with E-state index < -0.39 is 5.82 Å². The lowest BCUT2D eigenvalue weighted by molar-refractivity contribution is -0.121. The van der Waals surface area contributed by atoms with Gasteiger partial charge in [0, 0.05) is 6.54 Å². The number of rotatable bonds is 9.